The second kappa shape index (κ2) is 5.92. The van der Waals surface area contributed by atoms with E-state index < -0.39 is 10.0 Å². The van der Waals surface area contributed by atoms with Crippen molar-refractivity contribution in [3.05, 3.63) is 23.8 Å². The van der Waals surface area contributed by atoms with Gasteiger partial charge in [0.05, 0.1) is 4.90 Å². The van der Waals surface area contributed by atoms with Crippen LogP contribution >= 0.6 is 0 Å². The van der Waals surface area contributed by atoms with E-state index in [9.17, 15) is 8.42 Å². The molecule has 0 bridgehead atoms. The molecule has 2 N–H and O–H groups in total. The van der Waals surface area contributed by atoms with E-state index in [1.807, 2.05) is 6.07 Å². The van der Waals surface area contributed by atoms with Crippen LogP contribution < -0.4 is 10.0 Å². The maximum atomic E-state index is 12.1. The van der Waals surface area contributed by atoms with E-state index in [-0.39, 0.29) is 0 Å². The van der Waals surface area contributed by atoms with Crippen LogP contribution in [0.4, 0.5) is 5.69 Å². The summed E-state index contributed by atoms with van der Waals surface area (Å²) in [5.74, 6) is 0. The van der Waals surface area contributed by atoms with Gasteiger partial charge in [-0.3, -0.25) is 0 Å². The highest BCUT2D eigenvalue weighted by molar-refractivity contribution is 7.89. The molecule has 1 aliphatic heterocycles. The number of benzene rings is 1. The van der Waals surface area contributed by atoms with Crippen molar-refractivity contribution in [3.63, 3.8) is 0 Å². The smallest absolute Gasteiger partial charge is 0.240 e. The molecule has 1 aromatic carbocycles. The molecule has 0 amide bonds. The van der Waals surface area contributed by atoms with Gasteiger partial charge in [-0.1, -0.05) is 19.8 Å². The van der Waals surface area contributed by atoms with Crippen molar-refractivity contribution in [2.24, 2.45) is 0 Å². The van der Waals surface area contributed by atoms with Gasteiger partial charge >= 0.3 is 0 Å². The van der Waals surface area contributed by atoms with E-state index in [1.165, 1.54) is 0 Å². The Morgan fingerprint density at radius 3 is 2.89 bits per heavy atom. The molecule has 1 aromatic rings. The van der Waals surface area contributed by atoms with Gasteiger partial charge in [0.2, 0.25) is 10.0 Å². The Kier molecular flexibility index (Phi) is 4.47. The molecule has 1 heterocycles. The Hall–Kier alpha value is -1.07. The van der Waals surface area contributed by atoms with Crippen LogP contribution in [0.25, 0.3) is 0 Å². The summed E-state index contributed by atoms with van der Waals surface area (Å²) < 4.78 is 27.0. The molecule has 2 rings (SSSR count). The third-order valence-electron chi connectivity index (χ3n) is 3.39. The lowest BCUT2D eigenvalue weighted by molar-refractivity contribution is 0.576. The van der Waals surface area contributed by atoms with Crippen molar-refractivity contribution >= 4 is 15.7 Å². The van der Waals surface area contributed by atoms with E-state index in [0.717, 1.165) is 36.9 Å². The van der Waals surface area contributed by atoms with Crippen molar-refractivity contribution in [3.8, 4) is 0 Å². The maximum absolute atomic E-state index is 12.1. The fraction of sp³-hybridized carbons (Fsp3) is 0.571. The number of hydrogen-bond acceptors (Lipinski definition) is 3. The second-order valence-electron chi connectivity index (χ2n) is 5.17. The highest BCUT2D eigenvalue weighted by Crippen LogP contribution is 2.27. The van der Waals surface area contributed by atoms with Crippen molar-refractivity contribution in [2.45, 2.75) is 50.5 Å². The van der Waals surface area contributed by atoms with Crippen LogP contribution in [0.1, 0.15) is 38.7 Å². The molecule has 0 spiro atoms. The van der Waals surface area contributed by atoms with Gasteiger partial charge in [0.1, 0.15) is 0 Å². The number of rotatable bonds is 6. The van der Waals surface area contributed by atoms with E-state index in [4.69, 9.17) is 0 Å². The lowest BCUT2D eigenvalue weighted by Gasteiger charge is -2.08. The fourth-order valence-electron chi connectivity index (χ4n) is 2.36. The molecule has 0 saturated heterocycles. The molecule has 5 heteroatoms. The number of unbranched alkanes of at least 4 members (excludes halogenated alkanes) is 2. The third-order valence-corrected chi connectivity index (χ3v) is 4.85. The highest BCUT2D eigenvalue weighted by atomic mass is 32.2. The average molecular weight is 282 g/mol. The molecule has 0 saturated carbocycles. The molecule has 4 nitrogen and oxygen atoms in total. The quantitative estimate of drug-likeness (QED) is 0.788. The molecule has 106 valence electrons. The summed E-state index contributed by atoms with van der Waals surface area (Å²) in [5, 5.41) is 3.32. The van der Waals surface area contributed by atoms with E-state index >= 15 is 0 Å². The van der Waals surface area contributed by atoms with Crippen LogP contribution in [-0.4, -0.2) is 21.0 Å². The fourth-order valence-corrected chi connectivity index (χ4v) is 3.48. The van der Waals surface area contributed by atoms with Gasteiger partial charge in [0.25, 0.3) is 0 Å². The molecule has 0 radical (unpaired) electrons. The summed E-state index contributed by atoms with van der Waals surface area (Å²) in [6.07, 6.45) is 3.91. The topological polar surface area (TPSA) is 58.2 Å². The van der Waals surface area contributed by atoms with Crippen LogP contribution in [0.15, 0.2) is 23.1 Å². The first-order valence-corrected chi connectivity index (χ1v) is 8.40. The molecule has 1 atom stereocenters. The van der Waals surface area contributed by atoms with Gasteiger partial charge in [-0.05, 0) is 43.5 Å². The van der Waals surface area contributed by atoms with Gasteiger partial charge in [0, 0.05) is 18.3 Å². The average Bonchev–Trinajstić information content (AvgIpc) is 2.73. The zero-order chi connectivity index (χ0) is 13.9. The maximum Gasteiger partial charge on any atom is 0.240 e. The molecule has 1 aliphatic rings. The minimum Gasteiger partial charge on any atom is -0.382 e. The Labute approximate surface area is 115 Å². The number of nitrogens with one attached hydrogen (secondary N) is 2. The highest BCUT2D eigenvalue weighted by Gasteiger charge is 2.20. The lowest BCUT2D eigenvalue weighted by atomic mass is 10.1. The first kappa shape index (κ1) is 14.3. The standard InChI is InChI=1S/C14H22N2O2S/c1-3-4-5-8-15-19(17,18)13-6-7-14-12(10-13)9-11(2)16-14/h6-7,10-11,15-16H,3-5,8-9H2,1-2H3/t11-/m0/s1. The first-order valence-electron chi connectivity index (χ1n) is 6.92. The van der Waals surface area contributed by atoms with Crippen LogP contribution in [-0.2, 0) is 16.4 Å². The number of hydrogen-bond donors (Lipinski definition) is 2. The molecular weight excluding hydrogens is 260 g/mol. The Morgan fingerprint density at radius 1 is 1.37 bits per heavy atom. The number of fused-ring (bicyclic) bond motifs is 1. The minimum atomic E-state index is -3.36. The Balaban J connectivity index is 2.07. The zero-order valence-corrected chi connectivity index (χ0v) is 12.4. The lowest BCUT2D eigenvalue weighted by Crippen LogP contribution is -2.24. The van der Waals surface area contributed by atoms with Gasteiger partial charge in [-0.15, -0.1) is 0 Å². The van der Waals surface area contributed by atoms with Crippen LogP contribution in [0.2, 0.25) is 0 Å². The summed E-state index contributed by atoms with van der Waals surface area (Å²) in [5.41, 5.74) is 2.14. The van der Waals surface area contributed by atoms with Crippen LogP contribution in [0.5, 0.6) is 0 Å². The van der Waals surface area contributed by atoms with Crippen molar-refractivity contribution in [1.29, 1.82) is 0 Å². The van der Waals surface area contributed by atoms with E-state index in [1.54, 1.807) is 12.1 Å². The zero-order valence-electron chi connectivity index (χ0n) is 11.6. The van der Waals surface area contributed by atoms with Gasteiger partial charge in [-0.2, -0.15) is 0 Å². The van der Waals surface area contributed by atoms with Gasteiger partial charge < -0.3 is 5.32 Å². The van der Waals surface area contributed by atoms with Crippen LogP contribution in [0, 0.1) is 0 Å². The summed E-state index contributed by atoms with van der Waals surface area (Å²) in [6.45, 7) is 4.71. The molecular formula is C14H22N2O2S. The first-order chi connectivity index (χ1) is 9.03. The van der Waals surface area contributed by atoms with Gasteiger partial charge in [0.15, 0.2) is 0 Å². The normalized spacial score (nSPS) is 18.1. The summed E-state index contributed by atoms with van der Waals surface area (Å²) in [4.78, 5) is 0.374. The van der Waals surface area contributed by atoms with Crippen molar-refractivity contribution in [2.75, 3.05) is 11.9 Å². The summed E-state index contributed by atoms with van der Waals surface area (Å²) in [7, 11) is -3.36. The van der Waals surface area contributed by atoms with Crippen molar-refractivity contribution in [1.82, 2.24) is 4.72 Å². The monoisotopic (exact) mass is 282 g/mol. The Morgan fingerprint density at radius 2 is 2.16 bits per heavy atom. The SMILES string of the molecule is CCCCCNS(=O)(=O)c1ccc2c(c1)C[C@H](C)N2. The molecule has 0 fully saturated rings. The third kappa shape index (κ3) is 3.48. The molecule has 0 unspecified atom stereocenters. The summed E-state index contributed by atoms with van der Waals surface area (Å²) in [6, 6.07) is 5.70. The largest absolute Gasteiger partial charge is 0.382 e. The molecule has 0 aliphatic carbocycles. The number of sulfonamides is 1. The summed E-state index contributed by atoms with van der Waals surface area (Å²) >= 11 is 0. The van der Waals surface area contributed by atoms with E-state index in [2.05, 4.69) is 23.9 Å². The Bertz CT molecular complexity index is 540. The number of anilines is 1. The minimum absolute atomic E-state index is 0.374. The van der Waals surface area contributed by atoms with Crippen molar-refractivity contribution < 1.29 is 8.42 Å². The predicted molar refractivity (Wildman–Crippen MR) is 77.9 cm³/mol. The predicted octanol–water partition coefficient (Wildman–Crippen LogP) is 2.51. The molecule has 0 aromatic heterocycles. The van der Waals surface area contributed by atoms with E-state index in [0.29, 0.717) is 17.5 Å². The second-order valence-corrected chi connectivity index (χ2v) is 6.94. The van der Waals surface area contributed by atoms with Gasteiger partial charge in [-0.25, -0.2) is 13.1 Å². The molecule has 19 heavy (non-hydrogen) atoms. The van der Waals surface area contributed by atoms with Crippen LogP contribution in [0.3, 0.4) is 0 Å².